The van der Waals surface area contributed by atoms with E-state index in [9.17, 15) is 8.42 Å². The van der Waals surface area contributed by atoms with Crippen LogP contribution in [0.25, 0.3) is 0 Å². The number of rotatable bonds is 3. The minimum Gasteiger partial charge on any atom is -0.281 e. The first-order chi connectivity index (χ1) is 8.83. The second kappa shape index (κ2) is 4.95. The smallest absolute Gasteiger partial charge is 0.265 e. The number of nitrogens with one attached hydrogen (secondary N) is 2. The largest absolute Gasteiger partial charge is 0.281 e. The van der Waals surface area contributed by atoms with Gasteiger partial charge in [0, 0.05) is 0 Å². The van der Waals surface area contributed by atoms with Gasteiger partial charge in [-0.3, -0.25) is 9.82 Å². The fourth-order valence-corrected chi connectivity index (χ4v) is 3.52. The fourth-order valence-electron chi connectivity index (χ4n) is 1.55. The number of H-pyrrole nitrogens is 1. The highest BCUT2D eigenvalue weighted by molar-refractivity contribution is 7.92. The van der Waals surface area contributed by atoms with E-state index in [-0.39, 0.29) is 20.9 Å². The van der Waals surface area contributed by atoms with Gasteiger partial charge in [-0.1, -0.05) is 23.2 Å². The Morgan fingerprint density at radius 1 is 1.21 bits per heavy atom. The van der Waals surface area contributed by atoms with E-state index >= 15 is 0 Å². The molecule has 0 unspecified atom stereocenters. The van der Waals surface area contributed by atoms with Gasteiger partial charge in [-0.25, -0.2) is 18.4 Å². The Morgan fingerprint density at radius 2 is 1.79 bits per heavy atom. The number of halogens is 2. The predicted octanol–water partition coefficient (Wildman–Crippen LogP) is 1.92. The van der Waals surface area contributed by atoms with Crippen LogP contribution in [0.5, 0.6) is 0 Å². The lowest BCUT2D eigenvalue weighted by molar-refractivity contribution is 0.600. The Labute approximate surface area is 119 Å². The molecule has 0 radical (unpaired) electrons. The van der Waals surface area contributed by atoms with Gasteiger partial charge in [0.1, 0.15) is 16.9 Å². The molecule has 0 aliphatic heterocycles. The second-order valence-electron chi connectivity index (χ2n) is 3.70. The van der Waals surface area contributed by atoms with Crippen molar-refractivity contribution in [3.63, 3.8) is 0 Å². The molecule has 0 spiro atoms. The van der Waals surface area contributed by atoms with Crippen molar-refractivity contribution >= 4 is 38.9 Å². The van der Waals surface area contributed by atoms with Crippen LogP contribution in [0.15, 0.2) is 11.2 Å². The zero-order chi connectivity index (χ0) is 14.2. The van der Waals surface area contributed by atoms with Crippen LogP contribution in [-0.4, -0.2) is 28.6 Å². The summed E-state index contributed by atoms with van der Waals surface area (Å²) in [4.78, 5) is 7.38. The SMILES string of the molecule is Cc1n[nH]c(C)c1S(=O)(=O)Nc1c(Cl)ncnc1Cl. The zero-order valence-electron chi connectivity index (χ0n) is 9.90. The minimum atomic E-state index is -3.87. The molecule has 102 valence electrons. The number of aromatic amines is 1. The summed E-state index contributed by atoms with van der Waals surface area (Å²) >= 11 is 11.6. The highest BCUT2D eigenvalue weighted by Crippen LogP contribution is 2.29. The van der Waals surface area contributed by atoms with E-state index in [0.29, 0.717) is 11.4 Å². The molecule has 0 saturated carbocycles. The Kier molecular flexibility index (Phi) is 3.66. The van der Waals surface area contributed by atoms with Crippen molar-refractivity contribution in [1.29, 1.82) is 0 Å². The average Bonchev–Trinajstić information content (AvgIpc) is 2.64. The molecule has 0 amide bonds. The van der Waals surface area contributed by atoms with Gasteiger partial charge in [-0.2, -0.15) is 5.10 Å². The van der Waals surface area contributed by atoms with Crippen LogP contribution in [0.4, 0.5) is 5.69 Å². The Balaban J connectivity index is 2.49. The summed E-state index contributed by atoms with van der Waals surface area (Å²) in [5.74, 6) is 0. The van der Waals surface area contributed by atoms with Crippen molar-refractivity contribution in [3.8, 4) is 0 Å². The number of anilines is 1. The second-order valence-corrected chi connectivity index (χ2v) is 6.03. The summed E-state index contributed by atoms with van der Waals surface area (Å²) in [6.45, 7) is 3.17. The molecule has 0 aliphatic carbocycles. The van der Waals surface area contributed by atoms with Crippen LogP contribution in [-0.2, 0) is 10.0 Å². The van der Waals surface area contributed by atoms with Crippen molar-refractivity contribution < 1.29 is 8.42 Å². The maximum absolute atomic E-state index is 12.3. The summed E-state index contributed by atoms with van der Waals surface area (Å²) < 4.78 is 26.8. The molecule has 19 heavy (non-hydrogen) atoms. The van der Waals surface area contributed by atoms with Gasteiger partial charge >= 0.3 is 0 Å². The molecule has 2 N–H and O–H groups in total. The number of aromatic nitrogens is 4. The van der Waals surface area contributed by atoms with E-state index in [2.05, 4.69) is 24.9 Å². The van der Waals surface area contributed by atoms with Crippen LogP contribution in [0.1, 0.15) is 11.4 Å². The van der Waals surface area contributed by atoms with Crippen LogP contribution < -0.4 is 4.72 Å². The zero-order valence-corrected chi connectivity index (χ0v) is 12.2. The Morgan fingerprint density at radius 3 is 2.26 bits per heavy atom. The molecule has 0 saturated heterocycles. The quantitative estimate of drug-likeness (QED) is 0.841. The normalized spacial score (nSPS) is 11.6. The lowest BCUT2D eigenvalue weighted by Crippen LogP contribution is -2.15. The summed E-state index contributed by atoms with van der Waals surface area (Å²) in [6, 6.07) is 0. The summed E-state index contributed by atoms with van der Waals surface area (Å²) in [5, 5.41) is 6.26. The van der Waals surface area contributed by atoms with Gasteiger partial charge in [-0.05, 0) is 13.8 Å². The molecule has 0 fully saturated rings. The number of sulfonamides is 1. The highest BCUT2D eigenvalue weighted by atomic mass is 35.5. The van der Waals surface area contributed by atoms with Gasteiger partial charge in [0.15, 0.2) is 10.3 Å². The molecule has 0 aromatic carbocycles. The molecule has 2 heterocycles. The first-order valence-corrected chi connectivity index (χ1v) is 7.27. The maximum atomic E-state index is 12.3. The molecular formula is C9H9Cl2N5O2S. The summed E-state index contributed by atoms with van der Waals surface area (Å²) in [6.07, 6.45) is 1.14. The summed E-state index contributed by atoms with van der Waals surface area (Å²) in [7, 11) is -3.87. The molecule has 2 aromatic rings. The van der Waals surface area contributed by atoms with Gasteiger partial charge in [-0.15, -0.1) is 0 Å². The van der Waals surface area contributed by atoms with Gasteiger partial charge < -0.3 is 0 Å². The topological polar surface area (TPSA) is 101 Å². The van der Waals surface area contributed by atoms with Crippen molar-refractivity contribution in [2.45, 2.75) is 18.7 Å². The predicted molar refractivity (Wildman–Crippen MR) is 70.9 cm³/mol. The van der Waals surface area contributed by atoms with Crippen molar-refractivity contribution in [2.24, 2.45) is 0 Å². The van der Waals surface area contributed by atoms with Crippen LogP contribution >= 0.6 is 23.2 Å². The number of hydrogen-bond donors (Lipinski definition) is 2. The Hall–Kier alpha value is -1.38. The fraction of sp³-hybridized carbons (Fsp3) is 0.222. The molecule has 2 rings (SSSR count). The molecule has 7 nitrogen and oxygen atoms in total. The van der Waals surface area contributed by atoms with Gasteiger partial charge in [0.05, 0.1) is 11.4 Å². The third-order valence-electron chi connectivity index (χ3n) is 2.32. The Bertz CT molecular complexity index is 688. The van der Waals surface area contributed by atoms with E-state index in [1.807, 2.05) is 0 Å². The first-order valence-electron chi connectivity index (χ1n) is 5.03. The van der Waals surface area contributed by atoms with E-state index in [4.69, 9.17) is 23.2 Å². The molecule has 10 heteroatoms. The molecule has 0 bridgehead atoms. The number of aryl methyl sites for hydroxylation is 2. The van der Waals surface area contributed by atoms with E-state index < -0.39 is 10.0 Å². The summed E-state index contributed by atoms with van der Waals surface area (Å²) in [5.41, 5.74) is 0.689. The van der Waals surface area contributed by atoms with Crippen molar-refractivity contribution in [2.75, 3.05) is 4.72 Å². The molecule has 2 aromatic heterocycles. The average molecular weight is 322 g/mol. The molecule has 0 atom stereocenters. The van der Waals surface area contributed by atoms with Gasteiger partial charge in [0.2, 0.25) is 0 Å². The van der Waals surface area contributed by atoms with Crippen LogP contribution in [0, 0.1) is 13.8 Å². The van der Waals surface area contributed by atoms with E-state index in [1.165, 1.54) is 0 Å². The third kappa shape index (κ3) is 2.65. The lowest BCUT2D eigenvalue weighted by Gasteiger charge is -2.09. The molecular weight excluding hydrogens is 313 g/mol. The number of nitrogens with zero attached hydrogens (tertiary/aromatic N) is 3. The van der Waals surface area contributed by atoms with E-state index in [1.54, 1.807) is 13.8 Å². The van der Waals surface area contributed by atoms with Crippen LogP contribution in [0.2, 0.25) is 10.3 Å². The van der Waals surface area contributed by atoms with Crippen LogP contribution in [0.3, 0.4) is 0 Å². The van der Waals surface area contributed by atoms with Crippen molar-refractivity contribution in [3.05, 3.63) is 28.0 Å². The first kappa shape index (κ1) is 14.0. The maximum Gasteiger partial charge on any atom is 0.265 e. The number of hydrogen-bond acceptors (Lipinski definition) is 5. The highest BCUT2D eigenvalue weighted by Gasteiger charge is 2.24. The minimum absolute atomic E-state index is 0.0449. The lowest BCUT2D eigenvalue weighted by atomic mass is 10.4. The van der Waals surface area contributed by atoms with Crippen molar-refractivity contribution in [1.82, 2.24) is 20.2 Å². The standard InChI is InChI=1S/C9H9Cl2N5O2S/c1-4-7(5(2)15-14-4)19(17,18)16-6-8(10)12-3-13-9(6)11/h3,16H,1-2H3,(H,14,15). The van der Waals surface area contributed by atoms with Gasteiger partial charge in [0.25, 0.3) is 10.0 Å². The monoisotopic (exact) mass is 321 g/mol. The third-order valence-corrected chi connectivity index (χ3v) is 4.51. The van der Waals surface area contributed by atoms with E-state index in [0.717, 1.165) is 6.33 Å². The molecule has 0 aliphatic rings.